The van der Waals surface area contributed by atoms with E-state index in [1.54, 1.807) is 0 Å². The van der Waals surface area contributed by atoms with Crippen LogP contribution in [0.3, 0.4) is 0 Å². The molecule has 0 spiro atoms. The van der Waals surface area contributed by atoms with Crippen LogP contribution < -0.4 is 0 Å². The minimum Gasteiger partial charge on any atom is -0.504 e. The van der Waals surface area contributed by atoms with Gasteiger partial charge in [0.15, 0.2) is 40.6 Å². The summed E-state index contributed by atoms with van der Waals surface area (Å²) >= 11 is 0. The fourth-order valence-electron chi connectivity index (χ4n) is 4.78. The quantitative estimate of drug-likeness (QED) is 0.0798. The van der Waals surface area contributed by atoms with Gasteiger partial charge in [0, 0.05) is 17.2 Å². The van der Waals surface area contributed by atoms with Gasteiger partial charge in [-0.25, -0.2) is 14.4 Å². The monoisotopic (exact) mass is 644 g/mol. The Hall–Kier alpha value is -5.91. The molecule has 10 N–H and O–H groups in total. The van der Waals surface area contributed by atoms with Crippen LogP contribution >= 0.6 is 0 Å². The molecule has 242 valence electrons. The van der Waals surface area contributed by atoms with Gasteiger partial charge in [-0.1, -0.05) is 6.07 Å². The third-order valence-corrected chi connectivity index (χ3v) is 7.10. The summed E-state index contributed by atoms with van der Waals surface area (Å²) in [6, 6.07) is 4.80. The van der Waals surface area contributed by atoms with Crippen LogP contribution in [0.25, 0.3) is 17.2 Å². The van der Waals surface area contributed by atoms with Crippen LogP contribution in [0.1, 0.15) is 26.3 Å². The predicted molar refractivity (Wildman–Crippen MR) is 147 cm³/mol. The Morgan fingerprint density at radius 3 is 1.91 bits per heavy atom. The number of fused-ring (bicyclic) bond motifs is 4. The maximum Gasteiger partial charge on any atom is 0.339 e. The highest BCUT2D eigenvalue weighted by molar-refractivity contribution is 6.08. The van der Waals surface area contributed by atoms with Crippen LogP contribution in [0, 0.1) is 0 Å². The Labute approximate surface area is 256 Å². The number of rotatable bonds is 3. The van der Waals surface area contributed by atoms with Crippen molar-refractivity contribution < 1.29 is 84.4 Å². The number of carbonyl (C=O) groups excluding carboxylic acids is 3. The number of aliphatic hydroxyl groups is 2. The number of hydrogen-bond donors (Lipinski definition) is 10. The van der Waals surface area contributed by atoms with E-state index in [0.717, 1.165) is 18.2 Å². The van der Waals surface area contributed by atoms with Crippen LogP contribution in [0.4, 0.5) is 0 Å². The first-order chi connectivity index (χ1) is 21.7. The van der Waals surface area contributed by atoms with Crippen molar-refractivity contribution in [3.8, 4) is 57.1 Å². The van der Waals surface area contributed by atoms with E-state index in [2.05, 4.69) is 0 Å². The van der Waals surface area contributed by atoms with Crippen molar-refractivity contribution in [3.63, 3.8) is 0 Å². The van der Waals surface area contributed by atoms with E-state index in [1.807, 2.05) is 0 Å². The molecule has 1 saturated heterocycles. The lowest BCUT2D eigenvalue weighted by atomic mass is 9.92. The summed E-state index contributed by atoms with van der Waals surface area (Å²) in [5.74, 6) is -12.0. The van der Waals surface area contributed by atoms with Crippen molar-refractivity contribution in [1.29, 1.82) is 0 Å². The Balaban J connectivity index is 1.51. The Morgan fingerprint density at radius 1 is 0.739 bits per heavy atom. The molecule has 2 aliphatic heterocycles. The van der Waals surface area contributed by atoms with Crippen molar-refractivity contribution >= 4 is 24.0 Å². The molecule has 0 aromatic heterocycles. The number of aromatic hydroxyl groups is 8. The molecule has 0 bridgehead atoms. The summed E-state index contributed by atoms with van der Waals surface area (Å²) in [4.78, 5) is 39.1. The number of ether oxygens (including phenoxy) is 4. The van der Waals surface area contributed by atoms with Gasteiger partial charge in [0.25, 0.3) is 0 Å². The van der Waals surface area contributed by atoms with Crippen LogP contribution in [-0.4, -0.2) is 106 Å². The summed E-state index contributed by atoms with van der Waals surface area (Å²) in [6.45, 7) is -0.891. The fourth-order valence-corrected chi connectivity index (χ4v) is 4.78. The SMILES string of the molecule is O=C(/C=C/c1ccc(O)c(O)c1)O[C@@H]1O[C@H]2COC(=O)c3cc(O)c(O)c(O)c3-c3c(cc(O)c(O)c3O)C(=O)O[C@H]2[C@H](O)[C@H]1O. The minimum atomic E-state index is -2.09. The second-order valence-electron chi connectivity index (χ2n) is 10.0. The minimum absolute atomic E-state index is 0.260. The molecule has 0 aliphatic carbocycles. The second-order valence-corrected chi connectivity index (χ2v) is 10.0. The predicted octanol–water partition coefficient (Wildman–Crippen LogP) is 0.397. The average Bonchev–Trinajstić information content (AvgIpc) is 3.03. The first-order valence-electron chi connectivity index (χ1n) is 13.1. The van der Waals surface area contributed by atoms with E-state index in [4.69, 9.17) is 18.9 Å². The van der Waals surface area contributed by atoms with E-state index in [9.17, 15) is 65.4 Å². The number of aliphatic hydroxyl groups excluding tert-OH is 2. The normalized spacial score (nSPS) is 22.9. The van der Waals surface area contributed by atoms with Gasteiger partial charge in [-0.3, -0.25) is 0 Å². The maximum atomic E-state index is 13.4. The molecule has 46 heavy (non-hydrogen) atoms. The number of cyclic esters (lactones) is 1. The molecule has 2 aliphatic rings. The third-order valence-electron chi connectivity index (χ3n) is 7.10. The molecule has 5 atom stereocenters. The molecule has 17 heteroatoms. The van der Waals surface area contributed by atoms with E-state index in [-0.39, 0.29) is 5.56 Å². The highest BCUT2D eigenvalue weighted by atomic mass is 16.7. The zero-order valence-corrected chi connectivity index (χ0v) is 23.0. The second kappa shape index (κ2) is 11.9. The summed E-state index contributed by atoms with van der Waals surface area (Å²) in [5.41, 5.74) is -3.07. The zero-order valence-electron chi connectivity index (χ0n) is 23.0. The van der Waals surface area contributed by atoms with Crippen LogP contribution in [0.2, 0.25) is 0 Å². The molecule has 3 aromatic rings. The molecule has 3 aromatic carbocycles. The van der Waals surface area contributed by atoms with Gasteiger partial charge in [0.2, 0.25) is 17.8 Å². The molecule has 0 amide bonds. The van der Waals surface area contributed by atoms with Gasteiger partial charge in [0.05, 0.1) is 11.1 Å². The molecular weight excluding hydrogens is 620 g/mol. The Bertz CT molecular complexity index is 1780. The Morgan fingerprint density at radius 2 is 1.33 bits per heavy atom. The van der Waals surface area contributed by atoms with Crippen LogP contribution in [-0.2, 0) is 23.7 Å². The molecule has 0 radical (unpaired) electrons. The van der Waals surface area contributed by atoms with Crippen molar-refractivity contribution in [2.45, 2.75) is 30.7 Å². The standard InChI is InChI=1S/C29H24O17/c30-12-3-1-9(5-13(12)31)2-4-17(34)45-29-25(40)24(39)26-16(44-29)8-43-27(41)10-6-14(32)20(35)22(37)18(10)19-11(28(42)46-26)7-15(33)21(36)23(19)38/h1-7,16,24-26,29-33,35-40H,8H2/b4-2+/t16-,24+,25+,26+,29-/m0/s1. The van der Waals surface area contributed by atoms with Gasteiger partial charge in [-0.2, -0.15) is 0 Å². The number of esters is 3. The first-order valence-corrected chi connectivity index (χ1v) is 13.1. The maximum absolute atomic E-state index is 13.4. The lowest BCUT2D eigenvalue weighted by molar-refractivity contribution is -0.290. The lowest BCUT2D eigenvalue weighted by Crippen LogP contribution is -2.61. The van der Waals surface area contributed by atoms with Crippen molar-refractivity contribution in [2.24, 2.45) is 0 Å². The molecule has 2 heterocycles. The van der Waals surface area contributed by atoms with E-state index in [0.29, 0.717) is 12.1 Å². The molecule has 0 saturated carbocycles. The fraction of sp³-hybridized carbons (Fsp3) is 0.207. The van der Waals surface area contributed by atoms with Crippen molar-refractivity contribution in [1.82, 2.24) is 0 Å². The number of phenols is 8. The van der Waals surface area contributed by atoms with Gasteiger partial charge in [0.1, 0.15) is 24.9 Å². The number of carbonyl (C=O) groups is 3. The average molecular weight is 644 g/mol. The van der Waals surface area contributed by atoms with Gasteiger partial charge < -0.3 is 70.0 Å². The zero-order chi connectivity index (χ0) is 33.6. The van der Waals surface area contributed by atoms with Gasteiger partial charge in [-0.15, -0.1) is 0 Å². The molecule has 0 unspecified atom stereocenters. The molecule has 1 fully saturated rings. The highest BCUT2D eigenvalue weighted by Crippen LogP contribution is 2.52. The molecule has 5 rings (SSSR count). The highest BCUT2D eigenvalue weighted by Gasteiger charge is 2.49. The number of hydrogen-bond acceptors (Lipinski definition) is 17. The third kappa shape index (κ3) is 5.56. The molecule has 17 nitrogen and oxygen atoms in total. The van der Waals surface area contributed by atoms with E-state index in [1.165, 1.54) is 12.1 Å². The van der Waals surface area contributed by atoms with Crippen LogP contribution in [0.15, 0.2) is 36.4 Å². The summed E-state index contributed by atoms with van der Waals surface area (Å²) in [7, 11) is 0. The van der Waals surface area contributed by atoms with Gasteiger partial charge in [-0.05, 0) is 35.9 Å². The van der Waals surface area contributed by atoms with E-state index < -0.39 is 123 Å². The number of phenolic OH excluding ortho intramolecular Hbond substituents is 8. The van der Waals surface area contributed by atoms with Crippen LogP contribution in [0.5, 0.6) is 46.0 Å². The summed E-state index contributed by atoms with van der Waals surface area (Å²) in [6.07, 6.45) is -7.65. The first kappa shape index (κ1) is 31.5. The molecular formula is C29H24O17. The number of benzene rings is 3. The topological polar surface area (TPSA) is 290 Å². The largest absolute Gasteiger partial charge is 0.504 e. The summed E-state index contributed by atoms with van der Waals surface area (Å²) in [5, 5.41) is 102. The Kier molecular flexibility index (Phi) is 8.14. The van der Waals surface area contributed by atoms with Crippen molar-refractivity contribution in [3.05, 3.63) is 53.1 Å². The summed E-state index contributed by atoms with van der Waals surface area (Å²) < 4.78 is 21.1. The van der Waals surface area contributed by atoms with E-state index >= 15 is 0 Å². The van der Waals surface area contributed by atoms with Crippen molar-refractivity contribution in [2.75, 3.05) is 6.61 Å². The lowest BCUT2D eigenvalue weighted by Gasteiger charge is -2.41. The smallest absolute Gasteiger partial charge is 0.339 e. The van der Waals surface area contributed by atoms with Gasteiger partial charge >= 0.3 is 17.9 Å².